The highest BCUT2D eigenvalue weighted by Crippen LogP contribution is 2.28. The minimum atomic E-state index is -0.895. The maximum absolute atomic E-state index is 12.7. The molecule has 10 nitrogen and oxygen atoms in total. The molecule has 0 bridgehead atoms. The Hall–Kier alpha value is -4.47. The van der Waals surface area contributed by atoms with Crippen molar-refractivity contribution in [3.05, 3.63) is 87.7 Å². The highest BCUT2D eigenvalue weighted by Gasteiger charge is 2.21. The first-order valence-electron chi connectivity index (χ1n) is 10.5. The predicted octanol–water partition coefficient (Wildman–Crippen LogP) is 3.97. The summed E-state index contributed by atoms with van der Waals surface area (Å²) in [5.41, 5.74) is 4.66. The van der Waals surface area contributed by atoms with E-state index in [0.717, 1.165) is 5.56 Å². The van der Waals surface area contributed by atoms with Gasteiger partial charge in [-0.05, 0) is 43.2 Å². The number of furan rings is 1. The number of carbonyl (C=O) groups is 2. The summed E-state index contributed by atoms with van der Waals surface area (Å²) in [5, 5.41) is 17.4. The lowest BCUT2D eigenvalue weighted by atomic mass is 10.1. The number of nitrogens with zero attached hydrogens (tertiary/aromatic N) is 2. The second-order valence-electron chi connectivity index (χ2n) is 7.30. The lowest BCUT2D eigenvalue weighted by molar-refractivity contribution is -0.384. The summed E-state index contributed by atoms with van der Waals surface area (Å²) in [6.07, 6.45) is 0.883. The zero-order chi connectivity index (χ0) is 24.5. The molecular formula is C24H24N4O6. The summed E-state index contributed by atoms with van der Waals surface area (Å²) in [5.74, 6) is 0.350. The number of hydrogen-bond acceptors (Lipinski definition) is 7. The molecule has 10 heteroatoms. The van der Waals surface area contributed by atoms with Crippen LogP contribution >= 0.6 is 0 Å². The fraction of sp³-hybridized carbons (Fsp3) is 0.208. The van der Waals surface area contributed by atoms with E-state index in [0.29, 0.717) is 22.6 Å². The molecule has 0 radical (unpaired) electrons. The van der Waals surface area contributed by atoms with Gasteiger partial charge in [0.05, 0.1) is 17.7 Å². The van der Waals surface area contributed by atoms with Crippen LogP contribution in [0.25, 0.3) is 11.3 Å². The first-order chi connectivity index (χ1) is 16.4. The van der Waals surface area contributed by atoms with Gasteiger partial charge in [0, 0.05) is 24.1 Å². The number of nitro groups is 1. The summed E-state index contributed by atoms with van der Waals surface area (Å²) >= 11 is 0. The Morgan fingerprint density at radius 1 is 1.18 bits per heavy atom. The number of nitrogens with one attached hydrogen (secondary N) is 2. The van der Waals surface area contributed by atoms with E-state index in [1.54, 1.807) is 32.0 Å². The fourth-order valence-electron chi connectivity index (χ4n) is 3.22. The molecule has 2 N–H and O–H groups in total. The number of non-ortho nitro benzene ring substituents is 1. The smallest absolute Gasteiger partial charge is 0.407 e. The number of nitro benzene ring substituents is 1. The SMILES string of the molecule is CCOC(=O)N[C@H](Cc1ccccc1)C(=O)N/N=C\c1ccc(-c2ccc([N+](=O)[O-])cc2C)o1. The minimum absolute atomic E-state index is 0.00112. The van der Waals surface area contributed by atoms with Crippen LogP contribution in [0, 0.1) is 17.0 Å². The number of hydrogen-bond donors (Lipinski definition) is 2. The van der Waals surface area contributed by atoms with Gasteiger partial charge in [-0.3, -0.25) is 14.9 Å². The number of aryl methyl sites for hydroxylation is 1. The van der Waals surface area contributed by atoms with Crippen molar-refractivity contribution >= 4 is 23.9 Å². The average Bonchev–Trinajstić information content (AvgIpc) is 3.28. The van der Waals surface area contributed by atoms with Crippen LogP contribution in [-0.2, 0) is 16.0 Å². The third-order valence-corrected chi connectivity index (χ3v) is 4.85. The molecule has 1 heterocycles. The quantitative estimate of drug-likeness (QED) is 0.279. The second-order valence-corrected chi connectivity index (χ2v) is 7.30. The molecule has 0 aliphatic rings. The van der Waals surface area contributed by atoms with Crippen LogP contribution in [-0.4, -0.2) is 35.8 Å². The van der Waals surface area contributed by atoms with Crippen molar-refractivity contribution in [1.82, 2.24) is 10.7 Å². The van der Waals surface area contributed by atoms with E-state index in [1.807, 2.05) is 30.3 Å². The number of benzene rings is 2. The monoisotopic (exact) mass is 464 g/mol. The van der Waals surface area contributed by atoms with Crippen molar-refractivity contribution in [2.45, 2.75) is 26.3 Å². The Balaban J connectivity index is 1.67. The Morgan fingerprint density at radius 2 is 1.94 bits per heavy atom. The summed E-state index contributed by atoms with van der Waals surface area (Å²) in [4.78, 5) is 35.0. The molecular weight excluding hydrogens is 440 g/mol. The average molecular weight is 464 g/mol. The van der Waals surface area contributed by atoms with E-state index in [1.165, 1.54) is 18.3 Å². The largest absolute Gasteiger partial charge is 0.455 e. The van der Waals surface area contributed by atoms with Gasteiger partial charge in [-0.1, -0.05) is 30.3 Å². The highest BCUT2D eigenvalue weighted by molar-refractivity contribution is 5.87. The van der Waals surface area contributed by atoms with Crippen molar-refractivity contribution in [2.24, 2.45) is 5.10 Å². The molecule has 0 spiro atoms. The lowest BCUT2D eigenvalue weighted by Crippen LogP contribution is -2.47. The third kappa shape index (κ3) is 6.52. The van der Waals surface area contributed by atoms with Gasteiger partial charge >= 0.3 is 6.09 Å². The number of hydrazone groups is 1. The predicted molar refractivity (Wildman–Crippen MR) is 125 cm³/mol. The summed E-state index contributed by atoms with van der Waals surface area (Å²) in [6, 6.07) is 16.2. The standard InChI is InChI=1S/C24H24N4O6/c1-3-33-24(30)26-21(14-17-7-5-4-6-8-17)23(29)27-25-15-19-10-12-22(34-19)20-11-9-18(28(31)32)13-16(20)2/h4-13,15,21H,3,14H2,1-2H3,(H,26,30)(H,27,29)/b25-15-/t21-/m1/s1. The number of amides is 2. The molecule has 0 aliphatic heterocycles. The van der Waals surface area contributed by atoms with Crippen molar-refractivity contribution in [3.63, 3.8) is 0 Å². The van der Waals surface area contributed by atoms with Crippen molar-refractivity contribution in [3.8, 4) is 11.3 Å². The van der Waals surface area contributed by atoms with Gasteiger partial charge in [-0.25, -0.2) is 10.2 Å². The zero-order valence-corrected chi connectivity index (χ0v) is 18.7. The van der Waals surface area contributed by atoms with Crippen molar-refractivity contribution in [1.29, 1.82) is 0 Å². The van der Waals surface area contributed by atoms with E-state index < -0.39 is 23.0 Å². The first kappa shape index (κ1) is 24.2. The summed E-state index contributed by atoms with van der Waals surface area (Å²) < 4.78 is 10.6. The number of carbonyl (C=O) groups excluding carboxylic acids is 2. The highest BCUT2D eigenvalue weighted by atomic mass is 16.6. The Morgan fingerprint density at radius 3 is 2.62 bits per heavy atom. The molecule has 2 aromatic carbocycles. The molecule has 0 saturated heterocycles. The van der Waals surface area contributed by atoms with Gasteiger partial charge in [-0.2, -0.15) is 5.10 Å². The third-order valence-electron chi connectivity index (χ3n) is 4.85. The van der Waals surface area contributed by atoms with Crippen LogP contribution in [0.5, 0.6) is 0 Å². The Kier molecular flexibility index (Phi) is 8.11. The molecule has 34 heavy (non-hydrogen) atoms. The molecule has 3 aromatic rings. The maximum atomic E-state index is 12.7. The van der Waals surface area contributed by atoms with Gasteiger partial charge < -0.3 is 14.5 Å². The van der Waals surface area contributed by atoms with Crippen LogP contribution in [0.4, 0.5) is 10.5 Å². The Bertz CT molecular complexity index is 1190. The molecule has 2 amide bonds. The summed E-state index contributed by atoms with van der Waals surface area (Å²) in [6.45, 7) is 3.60. The number of alkyl carbamates (subject to hydrolysis) is 1. The van der Waals surface area contributed by atoms with Crippen LogP contribution in [0.15, 0.2) is 70.2 Å². The van der Waals surface area contributed by atoms with Gasteiger partial charge in [0.1, 0.15) is 17.6 Å². The minimum Gasteiger partial charge on any atom is -0.455 e. The van der Waals surface area contributed by atoms with E-state index in [4.69, 9.17) is 9.15 Å². The lowest BCUT2D eigenvalue weighted by Gasteiger charge is -2.16. The van der Waals surface area contributed by atoms with Crippen molar-refractivity contribution < 1.29 is 23.7 Å². The van der Waals surface area contributed by atoms with Crippen LogP contribution in [0.3, 0.4) is 0 Å². The van der Waals surface area contributed by atoms with Gasteiger partial charge in [0.25, 0.3) is 11.6 Å². The first-order valence-corrected chi connectivity index (χ1v) is 10.5. The Labute approximate surface area is 195 Å². The molecule has 1 aromatic heterocycles. The van der Waals surface area contributed by atoms with Gasteiger partial charge in [0.2, 0.25) is 0 Å². The molecule has 0 unspecified atom stereocenters. The molecule has 0 aliphatic carbocycles. The molecule has 0 saturated carbocycles. The zero-order valence-electron chi connectivity index (χ0n) is 18.7. The molecule has 176 valence electrons. The fourth-order valence-corrected chi connectivity index (χ4v) is 3.22. The summed E-state index contributed by atoms with van der Waals surface area (Å²) in [7, 11) is 0. The topological polar surface area (TPSA) is 136 Å². The molecule has 0 fully saturated rings. The van der Waals surface area contributed by atoms with Crippen molar-refractivity contribution in [2.75, 3.05) is 6.61 Å². The van der Waals surface area contributed by atoms with Gasteiger partial charge in [-0.15, -0.1) is 0 Å². The maximum Gasteiger partial charge on any atom is 0.407 e. The number of rotatable bonds is 9. The second kappa shape index (κ2) is 11.4. The van der Waals surface area contributed by atoms with E-state index in [9.17, 15) is 19.7 Å². The molecule has 1 atom stereocenters. The van der Waals surface area contributed by atoms with Gasteiger partial charge in [0.15, 0.2) is 0 Å². The van der Waals surface area contributed by atoms with Crippen LogP contribution in [0.1, 0.15) is 23.8 Å². The van der Waals surface area contributed by atoms with E-state index >= 15 is 0 Å². The van der Waals surface area contributed by atoms with Crippen LogP contribution < -0.4 is 10.7 Å². The van der Waals surface area contributed by atoms with E-state index in [2.05, 4.69) is 15.8 Å². The molecule has 3 rings (SSSR count). The number of ether oxygens (including phenoxy) is 1. The van der Waals surface area contributed by atoms with Crippen LogP contribution in [0.2, 0.25) is 0 Å². The van der Waals surface area contributed by atoms with E-state index in [-0.39, 0.29) is 18.7 Å². The normalized spacial score (nSPS) is 11.7.